The summed E-state index contributed by atoms with van der Waals surface area (Å²) in [5, 5.41) is 37.8. The number of carbonyl (C=O) groups excluding carboxylic acids is 2. The lowest BCUT2D eigenvalue weighted by molar-refractivity contribution is 0.0676. The minimum Gasteiger partial charge on any atom is -0.478 e. The van der Waals surface area contributed by atoms with Gasteiger partial charge >= 0.3 is 23.9 Å². The number of nitrogens with zero attached hydrogens (tertiary/aromatic N) is 1. The van der Waals surface area contributed by atoms with Crippen LogP contribution in [0.5, 0.6) is 0 Å². The van der Waals surface area contributed by atoms with Crippen LogP contribution in [0.1, 0.15) is 62.1 Å². The number of nitrogens with two attached hydrogens (primary N) is 1. The average Bonchev–Trinajstić information content (AvgIpc) is 2.83. The summed E-state index contributed by atoms with van der Waals surface area (Å²) in [7, 11) is 0. The second-order valence-electron chi connectivity index (χ2n) is 7.34. The SMILES string of the molecule is NC(=O)c1ccc(C(=O)N(c2cc(C(=O)O)cc(C(=O)O)c2)c2cc(C(=O)O)cc(C(=O)O)c2)cc1. The van der Waals surface area contributed by atoms with Crippen LogP contribution in [0.4, 0.5) is 11.4 Å². The molecular formula is C24H16N2O10. The second kappa shape index (κ2) is 9.77. The van der Waals surface area contributed by atoms with E-state index in [9.17, 15) is 49.2 Å². The molecular weight excluding hydrogens is 476 g/mol. The molecule has 0 radical (unpaired) electrons. The Kier molecular flexibility index (Phi) is 6.81. The molecule has 0 aliphatic rings. The van der Waals surface area contributed by atoms with Gasteiger partial charge in [-0.3, -0.25) is 14.5 Å². The first-order valence-corrected chi connectivity index (χ1v) is 9.86. The van der Waals surface area contributed by atoms with Gasteiger partial charge in [-0.15, -0.1) is 0 Å². The Morgan fingerprint density at radius 1 is 0.500 bits per heavy atom. The predicted molar refractivity (Wildman–Crippen MR) is 122 cm³/mol. The van der Waals surface area contributed by atoms with E-state index < -0.39 is 57.9 Å². The third-order valence-electron chi connectivity index (χ3n) is 4.96. The summed E-state index contributed by atoms with van der Waals surface area (Å²) in [6.45, 7) is 0. The van der Waals surface area contributed by atoms with Gasteiger partial charge in [-0.25, -0.2) is 19.2 Å². The van der Waals surface area contributed by atoms with Crippen LogP contribution in [0.2, 0.25) is 0 Å². The lowest BCUT2D eigenvalue weighted by Crippen LogP contribution is -2.27. The normalized spacial score (nSPS) is 10.3. The first-order valence-electron chi connectivity index (χ1n) is 9.86. The van der Waals surface area contributed by atoms with Crippen molar-refractivity contribution in [3.63, 3.8) is 0 Å². The van der Waals surface area contributed by atoms with E-state index in [2.05, 4.69) is 0 Å². The molecule has 0 saturated heterocycles. The summed E-state index contributed by atoms with van der Waals surface area (Å²) in [5.74, 6) is -7.73. The molecule has 2 amide bonds. The number of carboxylic acid groups (broad SMARTS) is 4. The molecule has 0 spiro atoms. The molecule has 36 heavy (non-hydrogen) atoms. The zero-order chi connectivity index (χ0) is 26.7. The van der Waals surface area contributed by atoms with Crippen molar-refractivity contribution in [2.24, 2.45) is 5.73 Å². The van der Waals surface area contributed by atoms with Gasteiger partial charge in [0, 0.05) is 11.1 Å². The third kappa shape index (κ3) is 5.17. The molecule has 3 aromatic carbocycles. The Hall–Kier alpha value is -5.52. The lowest BCUT2D eigenvalue weighted by Gasteiger charge is -2.25. The lowest BCUT2D eigenvalue weighted by atomic mass is 10.0. The molecule has 0 aliphatic carbocycles. The molecule has 3 aromatic rings. The van der Waals surface area contributed by atoms with Gasteiger partial charge in [0.15, 0.2) is 0 Å². The Bertz CT molecular complexity index is 1300. The van der Waals surface area contributed by atoms with Crippen molar-refractivity contribution >= 4 is 47.1 Å². The van der Waals surface area contributed by atoms with Crippen molar-refractivity contribution in [3.8, 4) is 0 Å². The van der Waals surface area contributed by atoms with Crippen LogP contribution in [0.25, 0.3) is 0 Å². The van der Waals surface area contributed by atoms with Crippen LogP contribution in [-0.2, 0) is 0 Å². The number of primary amides is 1. The van der Waals surface area contributed by atoms with Gasteiger partial charge in [0.05, 0.1) is 33.6 Å². The van der Waals surface area contributed by atoms with Gasteiger partial charge in [-0.1, -0.05) is 0 Å². The molecule has 12 heteroatoms. The zero-order valence-corrected chi connectivity index (χ0v) is 18.0. The summed E-state index contributed by atoms with van der Waals surface area (Å²) >= 11 is 0. The van der Waals surface area contributed by atoms with E-state index in [1.54, 1.807) is 0 Å². The van der Waals surface area contributed by atoms with Crippen LogP contribution < -0.4 is 10.6 Å². The van der Waals surface area contributed by atoms with Crippen molar-refractivity contribution < 1.29 is 49.2 Å². The van der Waals surface area contributed by atoms with E-state index in [0.717, 1.165) is 41.3 Å². The molecule has 12 nitrogen and oxygen atoms in total. The van der Waals surface area contributed by atoms with Crippen LogP contribution in [0.15, 0.2) is 60.7 Å². The fraction of sp³-hybridized carbons (Fsp3) is 0. The Labute approximate surface area is 201 Å². The van der Waals surface area contributed by atoms with Gasteiger partial charge in [-0.05, 0) is 60.7 Å². The second-order valence-corrected chi connectivity index (χ2v) is 7.34. The highest BCUT2D eigenvalue weighted by Crippen LogP contribution is 2.32. The van der Waals surface area contributed by atoms with Crippen LogP contribution >= 0.6 is 0 Å². The molecule has 0 aromatic heterocycles. The smallest absolute Gasteiger partial charge is 0.335 e. The summed E-state index contributed by atoms with van der Waals surface area (Å²) in [6.07, 6.45) is 0. The number of aromatic carboxylic acids is 4. The largest absolute Gasteiger partial charge is 0.478 e. The fourth-order valence-electron chi connectivity index (χ4n) is 3.26. The summed E-state index contributed by atoms with van der Waals surface area (Å²) in [4.78, 5) is 72.2. The molecule has 182 valence electrons. The standard InChI is InChI=1S/C24H16N2O10/c25-19(27)11-1-3-12(4-2-11)20(28)26(17-7-13(21(29)30)5-14(8-17)22(31)32)18-9-15(23(33)34)6-16(10-18)24(35)36/h1-10H,(H2,25,27)(H,29,30)(H,31,32)(H,33,34)(H,35,36). The van der Waals surface area contributed by atoms with Crippen molar-refractivity contribution in [1.82, 2.24) is 0 Å². The average molecular weight is 492 g/mol. The van der Waals surface area contributed by atoms with Crippen molar-refractivity contribution in [1.29, 1.82) is 0 Å². The Balaban J connectivity index is 2.33. The third-order valence-corrected chi connectivity index (χ3v) is 4.96. The van der Waals surface area contributed by atoms with Gasteiger partial charge < -0.3 is 26.2 Å². The Morgan fingerprint density at radius 3 is 1.08 bits per heavy atom. The molecule has 3 rings (SSSR count). The maximum atomic E-state index is 13.6. The van der Waals surface area contributed by atoms with E-state index in [-0.39, 0.29) is 22.5 Å². The monoisotopic (exact) mass is 492 g/mol. The van der Waals surface area contributed by atoms with Gasteiger partial charge in [0.1, 0.15) is 0 Å². The minimum absolute atomic E-state index is 0.0696. The number of carboxylic acids is 4. The van der Waals surface area contributed by atoms with Crippen LogP contribution in [0, 0.1) is 0 Å². The van der Waals surface area contributed by atoms with Crippen molar-refractivity contribution in [2.75, 3.05) is 4.90 Å². The fourth-order valence-corrected chi connectivity index (χ4v) is 3.26. The van der Waals surface area contributed by atoms with Crippen LogP contribution in [-0.4, -0.2) is 56.1 Å². The Morgan fingerprint density at radius 2 is 0.806 bits per heavy atom. The highest BCUT2D eigenvalue weighted by atomic mass is 16.4. The maximum absolute atomic E-state index is 13.6. The number of anilines is 2. The molecule has 0 atom stereocenters. The van der Waals surface area contributed by atoms with Crippen molar-refractivity contribution in [3.05, 3.63) is 94.0 Å². The maximum Gasteiger partial charge on any atom is 0.335 e. The van der Waals surface area contributed by atoms with E-state index >= 15 is 0 Å². The summed E-state index contributed by atoms with van der Waals surface area (Å²) < 4.78 is 0. The quantitative estimate of drug-likeness (QED) is 0.310. The van der Waals surface area contributed by atoms with Crippen LogP contribution in [0.3, 0.4) is 0 Å². The van der Waals surface area contributed by atoms with Crippen molar-refractivity contribution in [2.45, 2.75) is 0 Å². The highest BCUT2D eigenvalue weighted by Gasteiger charge is 2.25. The molecule has 0 saturated carbocycles. The first kappa shape index (κ1) is 25.1. The molecule has 6 N–H and O–H groups in total. The number of amides is 2. The minimum atomic E-state index is -1.51. The number of carbonyl (C=O) groups is 6. The number of benzene rings is 3. The zero-order valence-electron chi connectivity index (χ0n) is 18.0. The topological polar surface area (TPSA) is 213 Å². The summed E-state index contributed by atoms with van der Waals surface area (Å²) in [6, 6.07) is 10.5. The van der Waals surface area contributed by atoms with E-state index in [1.165, 1.54) is 24.3 Å². The molecule has 0 fully saturated rings. The predicted octanol–water partition coefficient (Wildman–Crippen LogP) is 2.56. The number of hydrogen-bond donors (Lipinski definition) is 5. The highest BCUT2D eigenvalue weighted by molar-refractivity contribution is 6.13. The van der Waals surface area contributed by atoms with Gasteiger partial charge in [0.2, 0.25) is 5.91 Å². The molecule has 0 bridgehead atoms. The first-order chi connectivity index (χ1) is 16.9. The van der Waals surface area contributed by atoms with E-state index in [1.807, 2.05) is 0 Å². The van der Waals surface area contributed by atoms with Gasteiger partial charge in [-0.2, -0.15) is 0 Å². The molecule has 0 aliphatic heterocycles. The summed E-state index contributed by atoms with van der Waals surface area (Å²) in [5.41, 5.74) is 2.59. The molecule has 0 unspecified atom stereocenters. The van der Waals surface area contributed by atoms with E-state index in [4.69, 9.17) is 5.73 Å². The number of rotatable bonds is 8. The number of hydrogen-bond acceptors (Lipinski definition) is 6. The molecule has 0 heterocycles. The van der Waals surface area contributed by atoms with E-state index in [0.29, 0.717) is 0 Å². The van der Waals surface area contributed by atoms with Gasteiger partial charge in [0.25, 0.3) is 5.91 Å².